The Labute approximate surface area is 203 Å². The molecule has 5 rings (SSSR count). The first kappa shape index (κ1) is 22.7. The molecule has 176 valence electrons. The maximum atomic E-state index is 15.5. The van der Waals surface area contributed by atoms with Crippen LogP contribution >= 0.6 is 11.6 Å². The molecule has 1 aliphatic heterocycles. The van der Waals surface area contributed by atoms with Gasteiger partial charge in [0.2, 0.25) is 11.8 Å². The molecule has 0 saturated carbocycles. The van der Waals surface area contributed by atoms with Crippen LogP contribution in [-0.4, -0.2) is 32.9 Å². The lowest BCUT2D eigenvalue weighted by Gasteiger charge is -2.27. The van der Waals surface area contributed by atoms with Crippen molar-refractivity contribution in [2.24, 2.45) is 5.73 Å². The number of amides is 2. The van der Waals surface area contributed by atoms with Gasteiger partial charge in [0.05, 0.1) is 21.5 Å². The summed E-state index contributed by atoms with van der Waals surface area (Å²) in [6.45, 7) is 0.521. The van der Waals surface area contributed by atoms with E-state index in [0.29, 0.717) is 23.7 Å². The molecule has 8 nitrogen and oxygen atoms in total. The summed E-state index contributed by atoms with van der Waals surface area (Å²) in [6, 6.07) is 11.7. The van der Waals surface area contributed by atoms with Gasteiger partial charge in [-0.15, -0.1) is 0 Å². The fourth-order valence-corrected chi connectivity index (χ4v) is 4.28. The maximum Gasteiger partial charge on any atom is 0.267 e. The van der Waals surface area contributed by atoms with Crippen LogP contribution in [0, 0.1) is 5.82 Å². The van der Waals surface area contributed by atoms with Gasteiger partial charge in [-0.25, -0.2) is 18.9 Å². The van der Waals surface area contributed by atoms with E-state index in [-0.39, 0.29) is 39.6 Å². The number of carbonyl (C=O) groups is 2. The first-order chi connectivity index (χ1) is 16.8. The zero-order valence-corrected chi connectivity index (χ0v) is 19.1. The third kappa shape index (κ3) is 4.15. The van der Waals surface area contributed by atoms with E-state index in [9.17, 15) is 14.4 Å². The van der Waals surface area contributed by atoms with E-state index in [2.05, 4.69) is 9.97 Å². The van der Waals surface area contributed by atoms with Crippen molar-refractivity contribution >= 4 is 40.0 Å². The molecule has 0 atom stereocenters. The van der Waals surface area contributed by atoms with E-state index in [1.165, 1.54) is 42.6 Å². The van der Waals surface area contributed by atoms with E-state index >= 15 is 4.39 Å². The topological polar surface area (TPSA) is 111 Å². The molecule has 10 heteroatoms. The number of hydrogen-bond donors (Lipinski definition) is 1. The van der Waals surface area contributed by atoms with Crippen molar-refractivity contribution in [2.45, 2.75) is 19.3 Å². The second-order valence-corrected chi connectivity index (χ2v) is 8.61. The van der Waals surface area contributed by atoms with Gasteiger partial charge < -0.3 is 10.6 Å². The van der Waals surface area contributed by atoms with Crippen LogP contribution in [0.15, 0.2) is 59.5 Å². The van der Waals surface area contributed by atoms with E-state index in [4.69, 9.17) is 17.3 Å². The minimum Gasteiger partial charge on any atom is -0.366 e. The molecule has 1 saturated heterocycles. The summed E-state index contributed by atoms with van der Waals surface area (Å²) in [6.07, 6.45) is 3.44. The quantitative estimate of drug-likeness (QED) is 0.466. The van der Waals surface area contributed by atoms with E-state index < -0.39 is 17.3 Å². The highest BCUT2D eigenvalue weighted by Gasteiger charge is 2.23. The Morgan fingerprint density at radius 3 is 2.57 bits per heavy atom. The monoisotopic (exact) mass is 491 g/mol. The molecule has 0 unspecified atom stereocenters. The smallest absolute Gasteiger partial charge is 0.267 e. The highest BCUT2D eigenvalue weighted by molar-refractivity contribution is 6.30. The van der Waals surface area contributed by atoms with Crippen molar-refractivity contribution in [2.75, 3.05) is 11.4 Å². The second kappa shape index (κ2) is 8.92. The number of piperidine rings is 1. The van der Waals surface area contributed by atoms with Crippen LogP contribution in [0.1, 0.15) is 29.6 Å². The Kier molecular flexibility index (Phi) is 5.78. The number of benzene rings is 2. The SMILES string of the molecule is NC(=O)c1ccc2nc(-c3ccc(N4CCCCC4=O)cc3F)n(-c3ccc(Cl)cn3)c(=O)c2c1. The lowest BCUT2D eigenvalue weighted by molar-refractivity contribution is -0.119. The number of primary amides is 1. The molecule has 2 aromatic heterocycles. The van der Waals surface area contributed by atoms with Gasteiger partial charge in [-0.05, 0) is 61.4 Å². The molecule has 0 bridgehead atoms. The molecular formula is C25H19ClFN5O3. The molecule has 1 fully saturated rings. The summed E-state index contributed by atoms with van der Waals surface area (Å²) in [5, 5.41) is 0.479. The normalized spacial score (nSPS) is 13.9. The number of hydrogen-bond acceptors (Lipinski definition) is 5. The summed E-state index contributed by atoms with van der Waals surface area (Å²) in [5.74, 6) is -1.22. The largest absolute Gasteiger partial charge is 0.366 e. The third-order valence-corrected chi connectivity index (χ3v) is 6.15. The fraction of sp³-hybridized carbons (Fsp3) is 0.160. The Bertz CT molecular complexity index is 1550. The molecule has 0 radical (unpaired) electrons. The molecular weight excluding hydrogens is 473 g/mol. The van der Waals surface area contributed by atoms with Gasteiger partial charge in [0.25, 0.3) is 5.56 Å². The number of pyridine rings is 1. The van der Waals surface area contributed by atoms with Crippen LogP contribution in [-0.2, 0) is 4.79 Å². The van der Waals surface area contributed by atoms with Crippen LogP contribution in [0.25, 0.3) is 28.1 Å². The second-order valence-electron chi connectivity index (χ2n) is 8.17. The maximum absolute atomic E-state index is 15.5. The van der Waals surface area contributed by atoms with Crippen molar-refractivity contribution in [3.63, 3.8) is 0 Å². The minimum atomic E-state index is -0.694. The van der Waals surface area contributed by atoms with Crippen LogP contribution in [0.3, 0.4) is 0 Å². The first-order valence-electron chi connectivity index (χ1n) is 10.9. The zero-order chi connectivity index (χ0) is 24.7. The average molecular weight is 492 g/mol. The average Bonchev–Trinajstić information content (AvgIpc) is 2.85. The summed E-state index contributed by atoms with van der Waals surface area (Å²) >= 11 is 5.97. The number of nitrogens with zero attached hydrogens (tertiary/aromatic N) is 4. The van der Waals surface area contributed by atoms with Gasteiger partial charge in [-0.3, -0.25) is 14.4 Å². The van der Waals surface area contributed by atoms with Crippen LogP contribution in [0.5, 0.6) is 0 Å². The summed E-state index contributed by atoms with van der Waals surface area (Å²) in [7, 11) is 0. The number of fused-ring (bicyclic) bond motifs is 1. The molecule has 2 N–H and O–H groups in total. The van der Waals surface area contributed by atoms with Crippen LogP contribution in [0.4, 0.5) is 10.1 Å². The van der Waals surface area contributed by atoms with E-state index in [1.807, 2.05) is 0 Å². The Morgan fingerprint density at radius 2 is 1.89 bits per heavy atom. The predicted molar refractivity (Wildman–Crippen MR) is 130 cm³/mol. The van der Waals surface area contributed by atoms with Crippen molar-refractivity contribution in [3.05, 3.63) is 81.5 Å². The number of aromatic nitrogens is 3. The zero-order valence-electron chi connectivity index (χ0n) is 18.4. The standard InChI is InChI=1S/C25H19ClFN5O3/c26-15-5-9-21(29-13-15)32-24(30-20-8-4-14(23(28)34)11-18(20)25(32)35)17-7-6-16(12-19(17)27)31-10-2-1-3-22(31)33/h4-9,11-13H,1-3,10H2,(H2,28,34). The first-order valence-corrected chi connectivity index (χ1v) is 11.3. The highest BCUT2D eigenvalue weighted by atomic mass is 35.5. The minimum absolute atomic E-state index is 0.0122. The molecule has 4 aromatic rings. The summed E-state index contributed by atoms with van der Waals surface area (Å²) in [5.41, 5.74) is 5.71. The molecule has 2 aromatic carbocycles. The molecule has 0 spiro atoms. The number of nitrogens with two attached hydrogens (primary N) is 1. The Morgan fingerprint density at radius 1 is 1.06 bits per heavy atom. The van der Waals surface area contributed by atoms with Gasteiger partial charge in [0, 0.05) is 30.4 Å². The van der Waals surface area contributed by atoms with E-state index in [0.717, 1.165) is 17.4 Å². The molecule has 35 heavy (non-hydrogen) atoms. The Hall–Kier alpha value is -4.11. The van der Waals surface area contributed by atoms with Crippen molar-refractivity contribution in [1.29, 1.82) is 0 Å². The fourth-order valence-electron chi connectivity index (χ4n) is 4.16. The van der Waals surface area contributed by atoms with Gasteiger partial charge in [0.1, 0.15) is 11.6 Å². The van der Waals surface area contributed by atoms with Crippen molar-refractivity contribution < 1.29 is 14.0 Å². The van der Waals surface area contributed by atoms with Gasteiger partial charge in [-0.2, -0.15) is 0 Å². The number of rotatable bonds is 4. The number of anilines is 1. The lowest BCUT2D eigenvalue weighted by atomic mass is 10.1. The Balaban J connectivity index is 1.73. The van der Waals surface area contributed by atoms with Crippen LogP contribution in [0.2, 0.25) is 5.02 Å². The lowest BCUT2D eigenvalue weighted by Crippen LogP contribution is -2.35. The van der Waals surface area contributed by atoms with Crippen molar-refractivity contribution in [3.8, 4) is 17.2 Å². The molecule has 2 amide bonds. The third-order valence-electron chi connectivity index (χ3n) is 5.92. The summed E-state index contributed by atoms with van der Waals surface area (Å²) in [4.78, 5) is 47.8. The summed E-state index contributed by atoms with van der Waals surface area (Å²) < 4.78 is 16.6. The van der Waals surface area contributed by atoms with Crippen molar-refractivity contribution in [1.82, 2.24) is 14.5 Å². The van der Waals surface area contributed by atoms with Gasteiger partial charge >= 0.3 is 0 Å². The van der Waals surface area contributed by atoms with Gasteiger partial charge in [0.15, 0.2) is 5.82 Å². The molecule has 0 aliphatic carbocycles. The predicted octanol–water partition coefficient (Wildman–Crippen LogP) is 3.86. The molecule has 1 aliphatic rings. The van der Waals surface area contributed by atoms with E-state index in [1.54, 1.807) is 17.0 Å². The number of halogens is 2. The number of carbonyl (C=O) groups excluding carboxylic acids is 2. The highest BCUT2D eigenvalue weighted by Crippen LogP contribution is 2.29. The molecule has 3 heterocycles. The van der Waals surface area contributed by atoms with Crippen LogP contribution < -0.4 is 16.2 Å². The van der Waals surface area contributed by atoms with Gasteiger partial charge in [-0.1, -0.05) is 11.6 Å².